The monoisotopic (exact) mass is 450 g/mol. The zero-order chi connectivity index (χ0) is 21.1. The standard InChI is InChI=1S/C23H31ClN2O3S/c1-15-7-20(4-5-21(15)24)30(28,29)26-6-2-3-19(14-26)22(27)25-23-11-16-8-17(12-23)10-18(9-16)13-23/h4-5,7,16-19H,2-3,6,8-14H2,1H3,(H,25,27)/t16?,17?,18?,19-,23?/m1/s1. The van der Waals surface area contributed by atoms with E-state index in [0.29, 0.717) is 18.0 Å². The molecule has 164 valence electrons. The van der Waals surface area contributed by atoms with Gasteiger partial charge < -0.3 is 5.32 Å². The first-order valence-electron chi connectivity index (χ1n) is 11.3. The highest BCUT2D eigenvalue weighted by molar-refractivity contribution is 7.89. The third-order valence-electron chi connectivity index (χ3n) is 7.95. The van der Waals surface area contributed by atoms with Crippen molar-refractivity contribution in [3.05, 3.63) is 28.8 Å². The molecule has 5 nitrogen and oxygen atoms in total. The van der Waals surface area contributed by atoms with E-state index in [2.05, 4.69) is 5.32 Å². The lowest BCUT2D eigenvalue weighted by atomic mass is 9.53. The van der Waals surface area contributed by atoms with Crippen LogP contribution in [-0.2, 0) is 14.8 Å². The van der Waals surface area contributed by atoms with Crippen LogP contribution in [0.15, 0.2) is 23.1 Å². The van der Waals surface area contributed by atoms with E-state index >= 15 is 0 Å². The molecule has 30 heavy (non-hydrogen) atoms. The molecule has 7 heteroatoms. The van der Waals surface area contributed by atoms with Gasteiger partial charge in [-0.05, 0) is 99.8 Å². The molecule has 1 saturated heterocycles. The Morgan fingerprint density at radius 1 is 1.13 bits per heavy atom. The molecule has 1 aromatic carbocycles. The summed E-state index contributed by atoms with van der Waals surface area (Å²) in [5.74, 6) is 2.10. The quantitative estimate of drug-likeness (QED) is 0.749. The molecule has 4 bridgehead atoms. The Hall–Kier alpha value is -1.11. The van der Waals surface area contributed by atoms with Gasteiger partial charge in [0.05, 0.1) is 10.8 Å². The van der Waals surface area contributed by atoms with E-state index in [1.165, 1.54) is 23.6 Å². The van der Waals surface area contributed by atoms with Gasteiger partial charge in [-0.15, -0.1) is 0 Å². The van der Waals surface area contributed by atoms with Crippen LogP contribution in [0.5, 0.6) is 0 Å². The Kier molecular flexibility index (Phi) is 5.19. The van der Waals surface area contributed by atoms with Crippen LogP contribution >= 0.6 is 11.6 Å². The zero-order valence-electron chi connectivity index (χ0n) is 17.6. The number of piperidine rings is 1. The number of nitrogens with zero attached hydrogens (tertiary/aromatic N) is 1. The van der Waals surface area contributed by atoms with Crippen LogP contribution in [0.1, 0.15) is 56.9 Å². The van der Waals surface area contributed by atoms with E-state index < -0.39 is 10.0 Å². The highest BCUT2D eigenvalue weighted by Gasteiger charge is 2.52. The third-order valence-corrected chi connectivity index (χ3v) is 10.2. The SMILES string of the molecule is Cc1cc(S(=O)(=O)N2CCC[C@@H](C(=O)NC34CC5CC(CC(C5)C3)C4)C2)ccc1Cl. The fourth-order valence-electron chi connectivity index (χ4n) is 6.93. The van der Waals surface area contributed by atoms with E-state index in [9.17, 15) is 13.2 Å². The number of carbonyl (C=O) groups is 1. The number of hydrogen-bond donors (Lipinski definition) is 1. The molecule has 0 aromatic heterocycles. The molecule has 1 atom stereocenters. The Morgan fingerprint density at radius 2 is 1.77 bits per heavy atom. The lowest BCUT2D eigenvalue weighted by Crippen LogP contribution is -2.61. The molecule has 6 rings (SSSR count). The number of aryl methyl sites for hydroxylation is 1. The minimum Gasteiger partial charge on any atom is -0.350 e. The van der Waals surface area contributed by atoms with Crippen molar-refractivity contribution < 1.29 is 13.2 Å². The van der Waals surface area contributed by atoms with Gasteiger partial charge in [-0.1, -0.05) is 11.6 Å². The van der Waals surface area contributed by atoms with Gasteiger partial charge in [-0.2, -0.15) is 4.31 Å². The summed E-state index contributed by atoms with van der Waals surface area (Å²) in [6, 6.07) is 4.81. The average molecular weight is 451 g/mol. The molecular weight excluding hydrogens is 420 g/mol. The molecule has 1 amide bonds. The van der Waals surface area contributed by atoms with Crippen LogP contribution in [0.25, 0.3) is 0 Å². The normalized spacial score (nSPS) is 36.1. The second kappa shape index (κ2) is 7.49. The van der Waals surface area contributed by atoms with E-state index in [-0.39, 0.29) is 28.8 Å². The Morgan fingerprint density at radius 3 is 2.37 bits per heavy atom. The van der Waals surface area contributed by atoms with Gasteiger partial charge in [0.25, 0.3) is 0 Å². The van der Waals surface area contributed by atoms with Crippen LogP contribution in [0, 0.1) is 30.6 Å². The van der Waals surface area contributed by atoms with E-state index in [4.69, 9.17) is 11.6 Å². The van der Waals surface area contributed by atoms with Crippen molar-refractivity contribution in [3.8, 4) is 0 Å². The van der Waals surface area contributed by atoms with E-state index in [1.54, 1.807) is 25.1 Å². The fraction of sp³-hybridized carbons (Fsp3) is 0.696. The molecule has 0 radical (unpaired) electrons. The van der Waals surface area contributed by atoms with E-state index in [1.807, 2.05) is 0 Å². The molecule has 1 heterocycles. The van der Waals surface area contributed by atoms with Crippen molar-refractivity contribution in [1.29, 1.82) is 0 Å². The van der Waals surface area contributed by atoms with Crippen molar-refractivity contribution >= 4 is 27.5 Å². The maximum absolute atomic E-state index is 13.2. The number of rotatable bonds is 4. The molecule has 4 saturated carbocycles. The lowest BCUT2D eigenvalue weighted by molar-refractivity contribution is -0.131. The highest BCUT2D eigenvalue weighted by Crippen LogP contribution is 2.55. The van der Waals surface area contributed by atoms with E-state index in [0.717, 1.165) is 49.0 Å². The summed E-state index contributed by atoms with van der Waals surface area (Å²) < 4.78 is 27.8. The number of carbonyl (C=O) groups excluding carboxylic acids is 1. The molecule has 1 aliphatic heterocycles. The Bertz CT molecular complexity index is 926. The molecule has 1 N–H and O–H groups in total. The van der Waals surface area contributed by atoms with Crippen LogP contribution < -0.4 is 5.32 Å². The minimum atomic E-state index is -3.63. The summed E-state index contributed by atoms with van der Waals surface area (Å²) in [6.45, 7) is 2.53. The van der Waals surface area contributed by atoms with Gasteiger partial charge in [-0.25, -0.2) is 8.42 Å². The van der Waals surface area contributed by atoms with Gasteiger partial charge in [0.1, 0.15) is 0 Å². The summed E-state index contributed by atoms with van der Waals surface area (Å²) in [7, 11) is -3.63. The Labute approximate surface area is 184 Å². The second-order valence-electron chi connectivity index (χ2n) is 10.3. The molecule has 0 unspecified atom stereocenters. The molecule has 5 fully saturated rings. The molecule has 0 spiro atoms. The topological polar surface area (TPSA) is 66.5 Å². The first-order valence-corrected chi connectivity index (χ1v) is 13.1. The number of halogens is 1. The Balaban J connectivity index is 1.29. The fourth-order valence-corrected chi connectivity index (χ4v) is 8.66. The molecule has 1 aromatic rings. The number of benzene rings is 1. The molecule has 5 aliphatic rings. The predicted molar refractivity (Wildman–Crippen MR) is 117 cm³/mol. The van der Waals surface area contributed by atoms with Gasteiger partial charge in [0.2, 0.25) is 15.9 Å². The van der Waals surface area contributed by atoms with Gasteiger partial charge in [0, 0.05) is 23.7 Å². The van der Waals surface area contributed by atoms with Crippen molar-refractivity contribution in [2.75, 3.05) is 13.1 Å². The predicted octanol–water partition coefficient (Wildman–Crippen LogP) is 4.13. The summed E-state index contributed by atoms with van der Waals surface area (Å²) in [5.41, 5.74) is 0.714. The second-order valence-corrected chi connectivity index (χ2v) is 12.6. The summed E-state index contributed by atoms with van der Waals surface area (Å²) in [5, 5.41) is 4.00. The molecule has 4 aliphatic carbocycles. The van der Waals surface area contributed by atoms with Crippen molar-refractivity contribution in [2.45, 2.75) is 68.7 Å². The van der Waals surface area contributed by atoms with Crippen LogP contribution in [-0.4, -0.2) is 37.3 Å². The zero-order valence-corrected chi connectivity index (χ0v) is 19.1. The number of hydrogen-bond acceptors (Lipinski definition) is 3. The third kappa shape index (κ3) is 3.69. The van der Waals surface area contributed by atoms with Crippen molar-refractivity contribution in [2.24, 2.45) is 23.7 Å². The van der Waals surface area contributed by atoms with Gasteiger partial charge in [0.15, 0.2) is 0 Å². The van der Waals surface area contributed by atoms with Crippen molar-refractivity contribution in [3.63, 3.8) is 0 Å². The van der Waals surface area contributed by atoms with Crippen LogP contribution in [0.2, 0.25) is 5.02 Å². The minimum absolute atomic E-state index is 0.0275. The largest absolute Gasteiger partial charge is 0.350 e. The maximum atomic E-state index is 13.2. The summed E-state index contributed by atoms with van der Waals surface area (Å²) in [4.78, 5) is 13.5. The van der Waals surface area contributed by atoms with Gasteiger partial charge >= 0.3 is 0 Å². The summed E-state index contributed by atoms with van der Waals surface area (Å²) in [6.07, 6.45) is 8.83. The first kappa shape index (κ1) is 20.8. The van der Waals surface area contributed by atoms with Crippen molar-refractivity contribution in [1.82, 2.24) is 9.62 Å². The first-order chi connectivity index (χ1) is 14.2. The lowest BCUT2D eigenvalue weighted by Gasteiger charge is -2.57. The average Bonchev–Trinajstić information content (AvgIpc) is 2.68. The highest BCUT2D eigenvalue weighted by atomic mass is 35.5. The maximum Gasteiger partial charge on any atom is 0.243 e. The van der Waals surface area contributed by atoms with Gasteiger partial charge in [-0.3, -0.25) is 4.79 Å². The number of nitrogens with one attached hydrogen (secondary N) is 1. The smallest absolute Gasteiger partial charge is 0.243 e. The van der Waals surface area contributed by atoms with Crippen LogP contribution in [0.3, 0.4) is 0 Å². The van der Waals surface area contributed by atoms with Crippen LogP contribution in [0.4, 0.5) is 0 Å². The summed E-state index contributed by atoms with van der Waals surface area (Å²) >= 11 is 6.07. The number of amides is 1. The number of sulfonamides is 1. The molecular formula is C23H31ClN2O3S.